The molecular formula is C16H20N2O5. The van der Waals surface area contributed by atoms with E-state index >= 15 is 0 Å². The van der Waals surface area contributed by atoms with Gasteiger partial charge in [0.05, 0.1) is 10.5 Å². The van der Waals surface area contributed by atoms with Gasteiger partial charge in [-0.2, -0.15) is 0 Å². The number of benzene rings is 1. The maximum Gasteiger partial charge on any atom is 0.310 e. The number of phenolic OH excluding ortho intramolecular Hbond substituents is 1. The maximum absolute atomic E-state index is 12.3. The average Bonchev–Trinajstić information content (AvgIpc) is 2.94. The number of amides is 1. The van der Waals surface area contributed by atoms with Gasteiger partial charge in [-0.1, -0.05) is 12.8 Å². The van der Waals surface area contributed by atoms with Gasteiger partial charge in [0, 0.05) is 24.3 Å². The van der Waals surface area contributed by atoms with Crippen molar-refractivity contribution in [1.82, 2.24) is 5.32 Å². The van der Waals surface area contributed by atoms with E-state index in [2.05, 4.69) is 5.32 Å². The molecule has 1 aliphatic heterocycles. The van der Waals surface area contributed by atoms with Crippen LogP contribution >= 0.6 is 0 Å². The highest BCUT2D eigenvalue weighted by molar-refractivity contribution is 5.95. The Balaban J connectivity index is 1.67. The van der Waals surface area contributed by atoms with Crippen molar-refractivity contribution in [3.63, 3.8) is 0 Å². The normalized spacial score (nSPS) is 22.9. The highest BCUT2D eigenvalue weighted by atomic mass is 16.6. The van der Waals surface area contributed by atoms with E-state index in [9.17, 15) is 20.0 Å². The molecule has 1 saturated carbocycles. The van der Waals surface area contributed by atoms with E-state index < -0.39 is 16.4 Å². The number of carbonyl (C=O) groups is 1. The first kappa shape index (κ1) is 15.7. The molecule has 2 fully saturated rings. The SMILES string of the molecule is O=C(N[C@H]1CCOC2(CCCC2)C1)c1ccc([N+](=O)[O-])c(O)c1. The fourth-order valence-corrected chi connectivity index (χ4v) is 3.61. The molecule has 1 atom stereocenters. The summed E-state index contributed by atoms with van der Waals surface area (Å²) in [6.45, 7) is 0.635. The minimum Gasteiger partial charge on any atom is -0.502 e. The Morgan fingerprint density at radius 3 is 2.78 bits per heavy atom. The third-order valence-corrected chi connectivity index (χ3v) is 4.78. The number of aromatic hydroxyl groups is 1. The molecule has 1 saturated heterocycles. The van der Waals surface area contributed by atoms with Crippen molar-refractivity contribution in [2.45, 2.75) is 50.2 Å². The van der Waals surface area contributed by atoms with Crippen molar-refractivity contribution < 1.29 is 19.6 Å². The summed E-state index contributed by atoms with van der Waals surface area (Å²) in [6, 6.07) is 3.68. The van der Waals surface area contributed by atoms with Gasteiger partial charge < -0.3 is 15.2 Å². The highest BCUT2D eigenvalue weighted by Crippen LogP contribution is 2.40. The van der Waals surface area contributed by atoms with Crippen LogP contribution in [0.2, 0.25) is 0 Å². The van der Waals surface area contributed by atoms with Crippen molar-refractivity contribution in [2.24, 2.45) is 0 Å². The van der Waals surface area contributed by atoms with E-state index in [1.165, 1.54) is 6.07 Å². The van der Waals surface area contributed by atoms with Crippen molar-refractivity contribution >= 4 is 11.6 Å². The lowest BCUT2D eigenvalue weighted by Gasteiger charge is -2.38. The van der Waals surface area contributed by atoms with Gasteiger partial charge in [0.15, 0.2) is 5.75 Å². The molecule has 1 aromatic carbocycles. The zero-order chi connectivity index (χ0) is 16.4. The predicted octanol–water partition coefficient (Wildman–Crippen LogP) is 2.52. The van der Waals surface area contributed by atoms with Gasteiger partial charge in [-0.3, -0.25) is 14.9 Å². The van der Waals surface area contributed by atoms with E-state index in [1.54, 1.807) is 0 Å². The molecule has 0 bridgehead atoms. The average molecular weight is 320 g/mol. The van der Waals surface area contributed by atoms with Crippen LogP contribution in [0.25, 0.3) is 0 Å². The van der Waals surface area contributed by atoms with Crippen LogP contribution in [0.15, 0.2) is 18.2 Å². The zero-order valence-electron chi connectivity index (χ0n) is 12.8. The second-order valence-corrected chi connectivity index (χ2v) is 6.36. The number of nitrogens with one attached hydrogen (secondary N) is 1. The number of hydrogen-bond acceptors (Lipinski definition) is 5. The monoisotopic (exact) mass is 320 g/mol. The minimum absolute atomic E-state index is 0.0340. The van der Waals surface area contributed by atoms with E-state index in [0.29, 0.717) is 6.61 Å². The van der Waals surface area contributed by atoms with Crippen LogP contribution in [0.1, 0.15) is 48.9 Å². The van der Waals surface area contributed by atoms with Gasteiger partial charge in [0.2, 0.25) is 0 Å². The quantitative estimate of drug-likeness (QED) is 0.658. The summed E-state index contributed by atoms with van der Waals surface area (Å²) >= 11 is 0. The van der Waals surface area contributed by atoms with Crippen LogP contribution < -0.4 is 5.32 Å². The summed E-state index contributed by atoms with van der Waals surface area (Å²) in [7, 11) is 0. The Hall–Kier alpha value is -2.15. The Morgan fingerprint density at radius 2 is 2.13 bits per heavy atom. The summed E-state index contributed by atoms with van der Waals surface area (Å²) in [4.78, 5) is 22.3. The molecule has 1 spiro atoms. The Bertz CT molecular complexity index is 625. The van der Waals surface area contributed by atoms with Crippen LogP contribution in [0.5, 0.6) is 5.75 Å². The molecule has 23 heavy (non-hydrogen) atoms. The van der Waals surface area contributed by atoms with E-state index in [4.69, 9.17) is 4.74 Å². The Morgan fingerprint density at radius 1 is 1.39 bits per heavy atom. The smallest absolute Gasteiger partial charge is 0.310 e. The lowest BCUT2D eigenvalue weighted by Crippen LogP contribution is -2.47. The van der Waals surface area contributed by atoms with Gasteiger partial charge in [-0.15, -0.1) is 0 Å². The molecular weight excluding hydrogens is 300 g/mol. The number of nitro groups is 1. The first-order chi connectivity index (χ1) is 11.0. The molecule has 3 rings (SSSR count). The molecule has 124 valence electrons. The highest BCUT2D eigenvalue weighted by Gasteiger charge is 2.40. The Kier molecular flexibility index (Phi) is 4.21. The summed E-state index contributed by atoms with van der Waals surface area (Å²) in [6.07, 6.45) is 5.97. The fraction of sp³-hybridized carbons (Fsp3) is 0.562. The topological polar surface area (TPSA) is 102 Å². The first-order valence-corrected chi connectivity index (χ1v) is 7.91. The molecule has 2 N–H and O–H groups in total. The van der Waals surface area contributed by atoms with Gasteiger partial charge in [0.25, 0.3) is 5.91 Å². The Labute approximate surface area is 133 Å². The summed E-state index contributed by atoms with van der Waals surface area (Å²) in [5, 5.41) is 23.3. The molecule has 7 nitrogen and oxygen atoms in total. The second-order valence-electron chi connectivity index (χ2n) is 6.36. The van der Waals surface area contributed by atoms with Crippen LogP contribution in [0, 0.1) is 10.1 Å². The van der Waals surface area contributed by atoms with Gasteiger partial charge in [-0.25, -0.2) is 0 Å². The van der Waals surface area contributed by atoms with Gasteiger partial charge >= 0.3 is 5.69 Å². The number of hydrogen-bond donors (Lipinski definition) is 2. The molecule has 2 aliphatic rings. The summed E-state index contributed by atoms with van der Waals surface area (Å²) in [5.74, 6) is -0.822. The van der Waals surface area contributed by atoms with Crippen molar-refractivity contribution in [1.29, 1.82) is 0 Å². The number of phenols is 1. The molecule has 1 aliphatic carbocycles. The fourth-order valence-electron chi connectivity index (χ4n) is 3.61. The van der Waals surface area contributed by atoms with E-state index in [0.717, 1.165) is 50.7 Å². The zero-order valence-corrected chi connectivity index (χ0v) is 12.8. The second kappa shape index (κ2) is 6.16. The molecule has 7 heteroatoms. The number of rotatable bonds is 3. The maximum atomic E-state index is 12.3. The summed E-state index contributed by atoms with van der Waals surface area (Å²) in [5.41, 5.74) is -0.272. The van der Waals surface area contributed by atoms with Crippen molar-refractivity contribution in [2.75, 3.05) is 6.61 Å². The number of nitro benzene ring substituents is 1. The van der Waals surface area contributed by atoms with Crippen LogP contribution in [-0.4, -0.2) is 34.2 Å². The number of ether oxygens (including phenoxy) is 1. The third-order valence-electron chi connectivity index (χ3n) is 4.78. The van der Waals surface area contributed by atoms with Crippen LogP contribution in [0.4, 0.5) is 5.69 Å². The lowest BCUT2D eigenvalue weighted by molar-refractivity contribution is -0.385. The minimum atomic E-state index is -0.681. The molecule has 1 aromatic rings. The standard InChI is InChI=1S/C16H20N2O5/c19-14-9-11(3-4-13(14)18(21)22)15(20)17-12-5-8-23-16(10-12)6-1-2-7-16/h3-4,9,12,19H,1-2,5-8,10H2,(H,17,20)/t12-/m0/s1. The molecule has 1 amide bonds. The largest absolute Gasteiger partial charge is 0.502 e. The molecule has 0 aromatic heterocycles. The van der Waals surface area contributed by atoms with Gasteiger partial charge in [0.1, 0.15) is 0 Å². The van der Waals surface area contributed by atoms with E-state index in [1.807, 2.05) is 0 Å². The lowest BCUT2D eigenvalue weighted by atomic mass is 9.89. The predicted molar refractivity (Wildman–Crippen MR) is 82.4 cm³/mol. The number of nitrogens with zero attached hydrogens (tertiary/aromatic N) is 1. The first-order valence-electron chi connectivity index (χ1n) is 7.91. The van der Waals surface area contributed by atoms with Crippen molar-refractivity contribution in [3.8, 4) is 5.75 Å². The summed E-state index contributed by atoms with van der Waals surface area (Å²) < 4.78 is 5.94. The van der Waals surface area contributed by atoms with Crippen LogP contribution in [0.3, 0.4) is 0 Å². The molecule has 0 unspecified atom stereocenters. The molecule has 0 radical (unpaired) electrons. The van der Waals surface area contributed by atoms with Crippen molar-refractivity contribution in [3.05, 3.63) is 33.9 Å². The molecule has 1 heterocycles. The van der Waals surface area contributed by atoms with Gasteiger partial charge in [-0.05, 0) is 37.8 Å². The third kappa shape index (κ3) is 3.29. The number of carbonyl (C=O) groups excluding carboxylic acids is 1. The van der Waals surface area contributed by atoms with E-state index in [-0.39, 0.29) is 23.1 Å². The van der Waals surface area contributed by atoms with Crippen LogP contribution in [-0.2, 0) is 4.74 Å².